The zero-order valence-electron chi connectivity index (χ0n) is 15.3. The molecular weight excluding hydrogens is 380 g/mol. The van der Waals surface area contributed by atoms with E-state index in [4.69, 9.17) is 8.83 Å². The lowest BCUT2D eigenvalue weighted by atomic mass is 10.0. The van der Waals surface area contributed by atoms with Crippen LogP contribution in [-0.2, 0) is 0 Å². The normalized spacial score (nSPS) is 11.1. The molecule has 3 aromatic heterocycles. The van der Waals surface area contributed by atoms with Crippen LogP contribution in [0.2, 0.25) is 0 Å². The number of non-ortho nitro benzene ring substituents is 1. The van der Waals surface area contributed by atoms with Crippen LogP contribution in [0, 0.1) is 24.0 Å². The lowest BCUT2D eigenvalue weighted by Gasteiger charge is -2.05. The van der Waals surface area contributed by atoms with Crippen LogP contribution in [0.3, 0.4) is 0 Å². The van der Waals surface area contributed by atoms with Gasteiger partial charge in [-0.3, -0.25) is 19.7 Å². The van der Waals surface area contributed by atoms with Gasteiger partial charge >= 0.3 is 0 Å². The second kappa shape index (κ2) is 6.48. The first kappa shape index (κ1) is 18.2. The van der Waals surface area contributed by atoms with E-state index in [1.54, 1.807) is 13.8 Å². The molecule has 4 rings (SSSR count). The van der Waals surface area contributed by atoms with E-state index >= 15 is 0 Å². The predicted molar refractivity (Wildman–Crippen MR) is 100 cm³/mol. The fourth-order valence-electron chi connectivity index (χ4n) is 3.29. The molecule has 0 saturated carbocycles. The molecule has 0 saturated heterocycles. The molecule has 0 fully saturated rings. The van der Waals surface area contributed by atoms with Crippen molar-refractivity contribution in [1.82, 2.24) is 4.57 Å². The molecule has 9 heteroatoms. The minimum absolute atomic E-state index is 0.0341. The maximum Gasteiger partial charge on any atom is 0.271 e. The molecule has 0 bridgehead atoms. The van der Waals surface area contributed by atoms with Crippen molar-refractivity contribution in [3.8, 4) is 5.88 Å². The number of benzene rings is 1. The second-order valence-electron chi connectivity index (χ2n) is 6.41. The Morgan fingerprint density at radius 1 is 1.03 bits per heavy atom. The molecule has 0 aliphatic carbocycles. The van der Waals surface area contributed by atoms with Crippen LogP contribution in [0.15, 0.2) is 51.7 Å². The Morgan fingerprint density at radius 2 is 1.66 bits per heavy atom. The van der Waals surface area contributed by atoms with E-state index in [1.807, 2.05) is 0 Å². The average Bonchev–Trinajstić information content (AvgIpc) is 3.37. The van der Waals surface area contributed by atoms with E-state index in [9.17, 15) is 24.8 Å². The lowest BCUT2D eigenvalue weighted by molar-refractivity contribution is -0.384. The topological polar surface area (TPSA) is 129 Å². The Balaban J connectivity index is 2.03. The first-order valence-electron chi connectivity index (χ1n) is 8.50. The summed E-state index contributed by atoms with van der Waals surface area (Å²) < 4.78 is 11.2. The van der Waals surface area contributed by atoms with Crippen LogP contribution >= 0.6 is 0 Å². The van der Waals surface area contributed by atoms with Crippen molar-refractivity contribution in [2.24, 2.45) is 0 Å². The van der Waals surface area contributed by atoms with Gasteiger partial charge in [-0.25, -0.2) is 4.57 Å². The first-order valence-corrected chi connectivity index (χ1v) is 8.50. The Bertz CT molecular complexity index is 1310. The third-order valence-electron chi connectivity index (χ3n) is 4.76. The summed E-state index contributed by atoms with van der Waals surface area (Å²) in [6, 6.07) is 6.55. The van der Waals surface area contributed by atoms with E-state index < -0.39 is 22.5 Å². The maximum absolute atomic E-state index is 13.1. The highest BCUT2D eigenvalue weighted by atomic mass is 16.6. The van der Waals surface area contributed by atoms with Crippen LogP contribution < -0.4 is 0 Å². The summed E-state index contributed by atoms with van der Waals surface area (Å²) in [5.74, 6) is -1.21. The number of hydrogen-bond acceptors (Lipinski definition) is 7. The number of nitro groups is 1. The van der Waals surface area contributed by atoms with Gasteiger partial charge in [-0.2, -0.15) is 0 Å². The molecule has 0 amide bonds. The Morgan fingerprint density at radius 3 is 2.21 bits per heavy atom. The van der Waals surface area contributed by atoms with Gasteiger partial charge in [0.2, 0.25) is 11.7 Å². The molecule has 1 aromatic carbocycles. The molecule has 0 unspecified atom stereocenters. The van der Waals surface area contributed by atoms with Gasteiger partial charge in [-0.15, -0.1) is 0 Å². The van der Waals surface area contributed by atoms with Crippen LogP contribution in [0.25, 0.3) is 10.9 Å². The van der Waals surface area contributed by atoms with Gasteiger partial charge in [0.15, 0.2) is 0 Å². The van der Waals surface area contributed by atoms with E-state index in [0.717, 1.165) is 10.6 Å². The molecular formula is C20H14N2O7. The molecule has 146 valence electrons. The number of furan rings is 2. The molecule has 4 aromatic rings. The fourth-order valence-corrected chi connectivity index (χ4v) is 3.29. The molecule has 0 atom stereocenters. The Labute approximate surface area is 162 Å². The quantitative estimate of drug-likeness (QED) is 0.315. The lowest BCUT2D eigenvalue weighted by Crippen LogP contribution is -2.12. The third-order valence-corrected chi connectivity index (χ3v) is 4.76. The smallest absolute Gasteiger partial charge is 0.271 e. The van der Waals surface area contributed by atoms with Crippen LogP contribution in [-0.4, -0.2) is 26.3 Å². The molecule has 3 heterocycles. The summed E-state index contributed by atoms with van der Waals surface area (Å²) in [6.07, 6.45) is 2.65. The van der Waals surface area contributed by atoms with Crippen LogP contribution in [0.5, 0.6) is 5.88 Å². The largest absolute Gasteiger partial charge is 0.494 e. The summed E-state index contributed by atoms with van der Waals surface area (Å²) >= 11 is 0. The summed E-state index contributed by atoms with van der Waals surface area (Å²) in [5.41, 5.74) is -0.0287. The number of aromatic nitrogens is 1. The monoisotopic (exact) mass is 394 g/mol. The maximum atomic E-state index is 13.1. The minimum atomic E-state index is -0.679. The SMILES string of the molecule is Cc1occc1C(=O)c1c(O)n(C(=O)c2ccoc2C)c2cc([N+](=O)[O-])ccc12. The highest BCUT2D eigenvalue weighted by Crippen LogP contribution is 2.36. The van der Waals surface area contributed by atoms with Crippen molar-refractivity contribution < 1.29 is 28.5 Å². The van der Waals surface area contributed by atoms with Crippen LogP contribution in [0.1, 0.15) is 37.8 Å². The molecule has 0 spiro atoms. The number of aryl methyl sites for hydroxylation is 2. The number of carbonyl (C=O) groups excluding carboxylic acids is 2. The van der Waals surface area contributed by atoms with E-state index in [-0.39, 0.29) is 33.3 Å². The third kappa shape index (κ3) is 2.71. The number of fused-ring (bicyclic) bond motifs is 1. The zero-order chi connectivity index (χ0) is 20.9. The van der Waals surface area contributed by atoms with E-state index in [0.29, 0.717) is 11.5 Å². The van der Waals surface area contributed by atoms with Crippen molar-refractivity contribution in [3.05, 3.63) is 81.2 Å². The van der Waals surface area contributed by atoms with Crippen molar-refractivity contribution in [1.29, 1.82) is 0 Å². The second-order valence-corrected chi connectivity index (χ2v) is 6.41. The molecule has 1 N–H and O–H groups in total. The average molecular weight is 394 g/mol. The van der Waals surface area contributed by atoms with Gasteiger partial charge in [0.25, 0.3) is 11.6 Å². The number of carbonyl (C=O) groups is 2. The molecule has 0 aliphatic heterocycles. The van der Waals surface area contributed by atoms with Gasteiger partial charge in [-0.1, -0.05) is 0 Å². The highest BCUT2D eigenvalue weighted by molar-refractivity contribution is 6.21. The fraction of sp³-hybridized carbons (Fsp3) is 0.100. The summed E-state index contributed by atoms with van der Waals surface area (Å²) in [4.78, 5) is 36.7. The Hall–Kier alpha value is -4.14. The van der Waals surface area contributed by atoms with E-state index in [1.165, 1.54) is 36.8 Å². The van der Waals surface area contributed by atoms with Gasteiger partial charge in [0.05, 0.1) is 39.7 Å². The van der Waals surface area contributed by atoms with Gasteiger partial charge < -0.3 is 13.9 Å². The number of ketones is 1. The molecule has 0 aliphatic rings. The number of rotatable bonds is 4. The summed E-state index contributed by atoms with van der Waals surface area (Å²) in [5, 5.41) is 22.3. The minimum Gasteiger partial charge on any atom is -0.494 e. The molecule has 9 nitrogen and oxygen atoms in total. The number of aromatic hydroxyl groups is 1. The molecule has 29 heavy (non-hydrogen) atoms. The van der Waals surface area contributed by atoms with Gasteiger partial charge in [0.1, 0.15) is 11.5 Å². The van der Waals surface area contributed by atoms with Crippen molar-refractivity contribution in [2.45, 2.75) is 13.8 Å². The Kier molecular flexibility index (Phi) is 4.08. The highest BCUT2D eigenvalue weighted by Gasteiger charge is 2.30. The summed E-state index contributed by atoms with van der Waals surface area (Å²) in [6.45, 7) is 3.16. The van der Waals surface area contributed by atoms with Gasteiger partial charge in [-0.05, 0) is 32.0 Å². The zero-order valence-corrected chi connectivity index (χ0v) is 15.3. The van der Waals surface area contributed by atoms with Crippen molar-refractivity contribution in [3.63, 3.8) is 0 Å². The molecule has 0 radical (unpaired) electrons. The van der Waals surface area contributed by atoms with E-state index in [2.05, 4.69) is 0 Å². The number of nitrogens with zero attached hydrogens (tertiary/aromatic N) is 2. The number of hydrogen-bond donors (Lipinski definition) is 1. The standard InChI is InChI=1S/C20H14N2O7/c1-10-13(5-7-28-10)18(23)17-15-4-3-12(22(26)27)9-16(15)21(20(17)25)19(24)14-6-8-29-11(14)2/h3-9,25H,1-2H3. The van der Waals surface area contributed by atoms with Gasteiger partial charge in [0, 0.05) is 17.5 Å². The van der Waals surface area contributed by atoms with Crippen LogP contribution in [0.4, 0.5) is 5.69 Å². The van der Waals surface area contributed by atoms with Crippen molar-refractivity contribution in [2.75, 3.05) is 0 Å². The first-order chi connectivity index (χ1) is 13.8. The summed E-state index contributed by atoms with van der Waals surface area (Å²) in [7, 11) is 0. The number of nitro benzene ring substituents is 1. The van der Waals surface area contributed by atoms with Crippen molar-refractivity contribution >= 4 is 28.3 Å². The predicted octanol–water partition coefficient (Wildman–Crippen LogP) is 3.98.